The minimum Gasteiger partial charge on any atom is -0.384 e. The zero-order valence-corrected chi connectivity index (χ0v) is 22.2. The Morgan fingerprint density at radius 1 is 1.00 bits per heavy atom. The van der Waals surface area contributed by atoms with Gasteiger partial charge < -0.3 is 10.6 Å². The van der Waals surface area contributed by atoms with Crippen LogP contribution >= 0.6 is 0 Å². The first-order valence-electron chi connectivity index (χ1n) is 12.6. The number of pyridine rings is 1. The smallest absolute Gasteiger partial charge is 0.215 e. The molecule has 1 amide bonds. The van der Waals surface area contributed by atoms with E-state index < -0.39 is 0 Å². The summed E-state index contributed by atoms with van der Waals surface area (Å²) in [6, 6.07) is 22.8. The predicted octanol–water partition coefficient (Wildman–Crippen LogP) is 5.87. The van der Waals surface area contributed by atoms with Gasteiger partial charge >= 0.3 is 0 Å². The van der Waals surface area contributed by atoms with Crippen LogP contribution in [0, 0.1) is 0 Å². The largest absolute Gasteiger partial charge is 0.384 e. The van der Waals surface area contributed by atoms with E-state index in [2.05, 4.69) is 74.3 Å². The fourth-order valence-electron chi connectivity index (χ4n) is 4.08. The predicted molar refractivity (Wildman–Crippen MR) is 150 cm³/mol. The van der Waals surface area contributed by atoms with Crippen LogP contribution in [0.25, 0.3) is 11.3 Å². The SMILES string of the molecule is CCN(C=O)/C(CCCc1ccc(-c2cccc(N)n2)cc1)=N\N(C)Cc1ccc(C(C)(C)C)cc1. The summed E-state index contributed by atoms with van der Waals surface area (Å²) in [5, 5.41) is 6.72. The van der Waals surface area contributed by atoms with Crippen LogP contribution in [0.5, 0.6) is 0 Å². The molecule has 0 aliphatic carbocycles. The van der Waals surface area contributed by atoms with Crippen molar-refractivity contribution in [3.8, 4) is 11.3 Å². The van der Waals surface area contributed by atoms with Gasteiger partial charge in [-0.2, -0.15) is 5.10 Å². The number of carbonyl (C=O) groups is 1. The maximum Gasteiger partial charge on any atom is 0.215 e. The third kappa shape index (κ3) is 7.67. The van der Waals surface area contributed by atoms with E-state index in [1.54, 1.807) is 11.0 Å². The van der Waals surface area contributed by atoms with Crippen molar-refractivity contribution in [3.05, 3.63) is 83.4 Å². The summed E-state index contributed by atoms with van der Waals surface area (Å²) in [7, 11) is 1.96. The normalized spacial score (nSPS) is 11.9. The van der Waals surface area contributed by atoms with Crippen LogP contribution in [0.2, 0.25) is 0 Å². The fraction of sp³-hybridized carbons (Fsp3) is 0.367. The standard InChI is InChI=1S/C30H39N5O/c1-6-35(22-36)29(33-34(5)21-24-15-19-26(20-16-24)30(2,3)4)12-7-9-23-13-17-25(18-14-23)27-10-8-11-28(31)32-27/h8,10-11,13-20,22H,6-7,9,12,21H2,1-5H3,(H2,31,32)/b33-29-. The highest BCUT2D eigenvalue weighted by atomic mass is 16.1. The van der Waals surface area contributed by atoms with Gasteiger partial charge in [0.15, 0.2) is 0 Å². The van der Waals surface area contributed by atoms with Crippen molar-refractivity contribution >= 4 is 18.1 Å². The molecule has 0 atom stereocenters. The van der Waals surface area contributed by atoms with Crippen molar-refractivity contribution in [3.63, 3.8) is 0 Å². The molecule has 0 saturated carbocycles. The van der Waals surface area contributed by atoms with Crippen LogP contribution < -0.4 is 5.73 Å². The third-order valence-electron chi connectivity index (χ3n) is 6.20. The number of nitrogens with two attached hydrogens (primary N) is 1. The average Bonchev–Trinajstić information content (AvgIpc) is 2.85. The number of carbonyl (C=O) groups excluding carboxylic acids is 1. The molecule has 3 aromatic rings. The molecule has 0 aliphatic rings. The number of aryl methyl sites for hydroxylation is 1. The maximum atomic E-state index is 11.7. The van der Waals surface area contributed by atoms with Crippen LogP contribution in [0.3, 0.4) is 0 Å². The van der Waals surface area contributed by atoms with Gasteiger partial charge in [0, 0.05) is 25.6 Å². The van der Waals surface area contributed by atoms with E-state index in [0.29, 0.717) is 18.9 Å². The second kappa shape index (κ2) is 12.3. The highest BCUT2D eigenvalue weighted by Crippen LogP contribution is 2.23. The Morgan fingerprint density at radius 3 is 2.25 bits per heavy atom. The van der Waals surface area contributed by atoms with Gasteiger partial charge in [-0.3, -0.25) is 9.80 Å². The van der Waals surface area contributed by atoms with Crippen molar-refractivity contribution in [2.75, 3.05) is 19.3 Å². The second-order valence-corrected chi connectivity index (χ2v) is 10.2. The van der Waals surface area contributed by atoms with Gasteiger partial charge in [0.1, 0.15) is 11.7 Å². The lowest BCUT2D eigenvalue weighted by molar-refractivity contribution is -0.114. The first-order valence-corrected chi connectivity index (χ1v) is 12.6. The Hall–Kier alpha value is -3.67. The number of hydrogen-bond acceptors (Lipinski definition) is 5. The third-order valence-corrected chi connectivity index (χ3v) is 6.20. The Balaban J connectivity index is 1.62. The molecule has 6 nitrogen and oxygen atoms in total. The van der Waals surface area contributed by atoms with Gasteiger partial charge in [0.05, 0.1) is 12.2 Å². The van der Waals surface area contributed by atoms with E-state index in [1.165, 1.54) is 16.7 Å². The molecule has 0 unspecified atom stereocenters. The maximum absolute atomic E-state index is 11.7. The van der Waals surface area contributed by atoms with E-state index >= 15 is 0 Å². The number of amides is 1. The number of nitrogen functional groups attached to an aromatic ring is 1. The zero-order chi connectivity index (χ0) is 26.1. The molecular weight excluding hydrogens is 446 g/mol. The van der Waals surface area contributed by atoms with Gasteiger partial charge in [0.2, 0.25) is 6.41 Å². The molecule has 190 valence electrons. The average molecular weight is 486 g/mol. The van der Waals surface area contributed by atoms with Crippen LogP contribution in [-0.2, 0) is 23.2 Å². The summed E-state index contributed by atoms with van der Waals surface area (Å²) < 4.78 is 0. The summed E-state index contributed by atoms with van der Waals surface area (Å²) >= 11 is 0. The van der Waals surface area contributed by atoms with E-state index in [4.69, 9.17) is 10.8 Å². The number of benzene rings is 2. The Kier molecular flexibility index (Phi) is 9.23. The van der Waals surface area contributed by atoms with Gasteiger partial charge in [-0.1, -0.05) is 75.4 Å². The van der Waals surface area contributed by atoms with E-state index in [1.807, 2.05) is 31.1 Å². The number of rotatable bonds is 10. The van der Waals surface area contributed by atoms with E-state index in [9.17, 15) is 4.79 Å². The van der Waals surface area contributed by atoms with Crippen molar-refractivity contribution in [2.24, 2.45) is 5.10 Å². The van der Waals surface area contributed by atoms with Crippen LogP contribution in [0.1, 0.15) is 57.2 Å². The van der Waals surface area contributed by atoms with Crippen molar-refractivity contribution < 1.29 is 4.79 Å². The monoisotopic (exact) mass is 485 g/mol. The Bertz CT molecular complexity index is 1150. The topological polar surface area (TPSA) is 74.8 Å². The summed E-state index contributed by atoms with van der Waals surface area (Å²) in [5.74, 6) is 1.31. The highest BCUT2D eigenvalue weighted by molar-refractivity contribution is 5.90. The van der Waals surface area contributed by atoms with Crippen molar-refractivity contribution in [1.29, 1.82) is 0 Å². The lowest BCUT2D eigenvalue weighted by Gasteiger charge is -2.22. The summed E-state index contributed by atoms with van der Waals surface area (Å²) in [4.78, 5) is 17.8. The second-order valence-electron chi connectivity index (χ2n) is 10.2. The van der Waals surface area contributed by atoms with Gasteiger partial charge in [-0.25, -0.2) is 4.98 Å². The van der Waals surface area contributed by atoms with E-state index in [-0.39, 0.29) is 5.41 Å². The molecule has 2 N–H and O–H groups in total. The number of hydrogen-bond donors (Lipinski definition) is 1. The molecule has 1 aromatic heterocycles. The molecule has 0 bridgehead atoms. The fourth-order valence-corrected chi connectivity index (χ4v) is 4.08. The minimum absolute atomic E-state index is 0.133. The molecule has 6 heteroatoms. The number of anilines is 1. The molecule has 36 heavy (non-hydrogen) atoms. The lowest BCUT2D eigenvalue weighted by atomic mass is 9.87. The molecule has 2 aromatic carbocycles. The quantitative estimate of drug-likeness (QED) is 0.169. The van der Waals surface area contributed by atoms with E-state index in [0.717, 1.165) is 42.8 Å². The van der Waals surface area contributed by atoms with Crippen molar-refractivity contribution in [1.82, 2.24) is 14.9 Å². The molecule has 3 rings (SSSR count). The first-order chi connectivity index (χ1) is 17.2. The summed E-state index contributed by atoms with van der Waals surface area (Å²) in [6.45, 7) is 9.90. The molecule has 1 heterocycles. The van der Waals surface area contributed by atoms with Crippen LogP contribution in [0.15, 0.2) is 71.8 Å². The van der Waals surface area contributed by atoms with Crippen LogP contribution in [-0.4, -0.2) is 40.7 Å². The number of amidine groups is 1. The van der Waals surface area contributed by atoms with Crippen molar-refractivity contribution in [2.45, 2.75) is 58.9 Å². The molecule has 0 spiro atoms. The first kappa shape index (κ1) is 26.9. The molecule has 0 saturated heterocycles. The van der Waals surface area contributed by atoms with Gasteiger partial charge in [0.25, 0.3) is 0 Å². The lowest BCUT2D eigenvalue weighted by Crippen LogP contribution is -2.31. The Labute approximate surface area is 215 Å². The zero-order valence-electron chi connectivity index (χ0n) is 22.2. The number of hydrazone groups is 1. The number of aromatic nitrogens is 1. The summed E-state index contributed by atoms with van der Waals surface area (Å²) in [5.41, 5.74) is 11.6. The molecule has 0 radical (unpaired) electrons. The van der Waals surface area contributed by atoms with Gasteiger partial charge in [-0.15, -0.1) is 0 Å². The number of nitrogens with zero attached hydrogens (tertiary/aromatic N) is 4. The minimum atomic E-state index is 0.133. The van der Waals surface area contributed by atoms with Crippen LogP contribution in [0.4, 0.5) is 5.82 Å². The Morgan fingerprint density at radius 2 is 1.67 bits per heavy atom. The highest BCUT2D eigenvalue weighted by Gasteiger charge is 2.14. The molecule has 0 fully saturated rings. The molecule has 0 aliphatic heterocycles. The van der Waals surface area contributed by atoms with Gasteiger partial charge in [-0.05, 0) is 54.0 Å². The molecular formula is C30H39N5O. The summed E-state index contributed by atoms with van der Waals surface area (Å²) in [6.07, 6.45) is 3.39.